The molecule has 2 aromatic carbocycles. The van der Waals surface area contributed by atoms with Crippen LogP contribution in [0, 0.1) is 18.8 Å². The molecule has 0 radical (unpaired) electrons. The number of aliphatic carboxylic acids is 1. The van der Waals surface area contributed by atoms with Crippen LogP contribution in [0.25, 0.3) is 0 Å². The number of likely N-dealkylation sites (tertiary alicyclic amines) is 1. The fourth-order valence-electron chi connectivity index (χ4n) is 3.49. The molecule has 1 amide bonds. The van der Waals surface area contributed by atoms with Crippen molar-refractivity contribution in [1.82, 2.24) is 4.90 Å². The Kier molecular flexibility index (Phi) is 5.79. The van der Waals surface area contributed by atoms with Crippen molar-refractivity contribution in [2.24, 2.45) is 11.8 Å². The summed E-state index contributed by atoms with van der Waals surface area (Å²) in [5, 5.41) is 9.22. The highest BCUT2D eigenvalue weighted by Gasteiger charge is 2.36. The Labute approximate surface area is 159 Å². The Morgan fingerprint density at radius 1 is 1.11 bits per heavy atom. The second kappa shape index (κ2) is 8.25. The molecule has 1 aliphatic rings. The standard InChI is InChI=1S/C22H25NO4/c1-15-5-3-7-18(9-15)14-27-19-8-4-6-17(10-19)11-21(24)23-12-16(2)20(13-23)22(25)26/h3-10,16,20H,11-14H2,1-2H3,(H,25,26)/t16-,20-/m1/s1. The lowest BCUT2D eigenvalue weighted by atomic mass is 9.99. The lowest BCUT2D eigenvalue weighted by Crippen LogP contribution is -2.31. The molecule has 1 fully saturated rings. The number of hydrogen-bond donors (Lipinski definition) is 1. The number of aryl methyl sites for hydroxylation is 1. The molecule has 1 saturated heterocycles. The third kappa shape index (κ3) is 4.88. The van der Waals surface area contributed by atoms with Crippen LogP contribution >= 0.6 is 0 Å². The highest BCUT2D eigenvalue weighted by Crippen LogP contribution is 2.24. The molecule has 5 nitrogen and oxygen atoms in total. The van der Waals surface area contributed by atoms with Gasteiger partial charge in [0.1, 0.15) is 12.4 Å². The zero-order valence-electron chi connectivity index (χ0n) is 15.7. The normalized spacial score (nSPS) is 19.1. The number of nitrogens with zero attached hydrogens (tertiary/aromatic N) is 1. The number of benzene rings is 2. The number of rotatable bonds is 6. The van der Waals surface area contributed by atoms with Crippen LogP contribution < -0.4 is 4.74 Å². The van der Waals surface area contributed by atoms with Crippen molar-refractivity contribution >= 4 is 11.9 Å². The van der Waals surface area contributed by atoms with E-state index in [-0.39, 0.29) is 18.2 Å². The predicted octanol–water partition coefficient (Wildman–Crippen LogP) is 3.30. The molecule has 0 spiro atoms. The zero-order valence-corrected chi connectivity index (χ0v) is 15.7. The van der Waals surface area contributed by atoms with E-state index in [2.05, 4.69) is 6.07 Å². The molecular formula is C22H25NO4. The van der Waals surface area contributed by atoms with Crippen LogP contribution in [0.5, 0.6) is 5.75 Å². The SMILES string of the molecule is Cc1cccc(COc2cccc(CC(=O)N3C[C@@H](C)[C@H](C(=O)O)C3)c2)c1. The van der Waals surface area contributed by atoms with E-state index in [9.17, 15) is 14.7 Å². The summed E-state index contributed by atoms with van der Waals surface area (Å²) >= 11 is 0. The van der Waals surface area contributed by atoms with Gasteiger partial charge in [-0.05, 0) is 36.1 Å². The van der Waals surface area contributed by atoms with Gasteiger partial charge >= 0.3 is 5.97 Å². The fourth-order valence-corrected chi connectivity index (χ4v) is 3.49. The first-order valence-electron chi connectivity index (χ1n) is 9.20. The quantitative estimate of drug-likeness (QED) is 0.851. The number of ether oxygens (including phenoxy) is 1. The van der Waals surface area contributed by atoms with E-state index < -0.39 is 11.9 Å². The largest absolute Gasteiger partial charge is 0.489 e. The van der Waals surface area contributed by atoms with Crippen molar-refractivity contribution in [1.29, 1.82) is 0 Å². The van der Waals surface area contributed by atoms with Gasteiger partial charge in [-0.25, -0.2) is 0 Å². The summed E-state index contributed by atoms with van der Waals surface area (Å²) in [6, 6.07) is 15.7. The number of amides is 1. The lowest BCUT2D eigenvalue weighted by molar-refractivity contribution is -0.142. The number of carbonyl (C=O) groups is 2. The van der Waals surface area contributed by atoms with Gasteiger partial charge in [0.25, 0.3) is 0 Å². The third-order valence-electron chi connectivity index (χ3n) is 5.02. The highest BCUT2D eigenvalue weighted by atomic mass is 16.5. The van der Waals surface area contributed by atoms with Gasteiger partial charge in [0.05, 0.1) is 12.3 Å². The van der Waals surface area contributed by atoms with Crippen molar-refractivity contribution in [2.75, 3.05) is 13.1 Å². The van der Waals surface area contributed by atoms with E-state index in [0.717, 1.165) is 16.9 Å². The second-order valence-electron chi connectivity index (χ2n) is 7.32. The summed E-state index contributed by atoms with van der Waals surface area (Å²) in [6.45, 7) is 5.19. The first-order chi connectivity index (χ1) is 12.9. The van der Waals surface area contributed by atoms with Gasteiger partial charge in [-0.3, -0.25) is 9.59 Å². The van der Waals surface area contributed by atoms with Crippen LogP contribution in [-0.4, -0.2) is 35.0 Å². The van der Waals surface area contributed by atoms with Crippen LogP contribution in [0.2, 0.25) is 0 Å². The van der Waals surface area contributed by atoms with Crippen LogP contribution in [0.15, 0.2) is 48.5 Å². The Hall–Kier alpha value is -2.82. The number of carbonyl (C=O) groups excluding carboxylic acids is 1. The molecule has 0 unspecified atom stereocenters. The van der Waals surface area contributed by atoms with Crippen LogP contribution in [0.4, 0.5) is 0 Å². The Morgan fingerprint density at radius 2 is 1.85 bits per heavy atom. The lowest BCUT2D eigenvalue weighted by Gasteiger charge is -2.16. The molecule has 0 saturated carbocycles. The molecule has 2 atom stereocenters. The number of hydrogen-bond acceptors (Lipinski definition) is 3. The monoisotopic (exact) mass is 367 g/mol. The summed E-state index contributed by atoms with van der Waals surface area (Å²) in [5.41, 5.74) is 3.16. The van der Waals surface area contributed by atoms with Crippen molar-refractivity contribution < 1.29 is 19.4 Å². The van der Waals surface area contributed by atoms with E-state index >= 15 is 0 Å². The molecular weight excluding hydrogens is 342 g/mol. The molecule has 5 heteroatoms. The zero-order chi connectivity index (χ0) is 19.4. The van der Waals surface area contributed by atoms with Gasteiger partial charge in [0.2, 0.25) is 5.91 Å². The first kappa shape index (κ1) is 19.0. The van der Waals surface area contributed by atoms with Crippen LogP contribution in [0.1, 0.15) is 23.6 Å². The molecule has 0 bridgehead atoms. The summed E-state index contributed by atoms with van der Waals surface area (Å²) in [7, 11) is 0. The van der Waals surface area contributed by atoms with Gasteiger partial charge in [-0.2, -0.15) is 0 Å². The van der Waals surface area contributed by atoms with Gasteiger partial charge in [0.15, 0.2) is 0 Å². The highest BCUT2D eigenvalue weighted by molar-refractivity contribution is 5.81. The van der Waals surface area contributed by atoms with Crippen molar-refractivity contribution in [3.63, 3.8) is 0 Å². The van der Waals surface area contributed by atoms with Gasteiger partial charge in [-0.1, -0.05) is 48.9 Å². The maximum absolute atomic E-state index is 12.5. The minimum absolute atomic E-state index is 0.0181. The van der Waals surface area contributed by atoms with E-state index in [4.69, 9.17) is 4.74 Å². The third-order valence-corrected chi connectivity index (χ3v) is 5.02. The summed E-state index contributed by atoms with van der Waals surface area (Å²) < 4.78 is 5.86. The number of carboxylic acids is 1. The van der Waals surface area contributed by atoms with E-state index in [0.29, 0.717) is 19.7 Å². The topological polar surface area (TPSA) is 66.8 Å². The predicted molar refractivity (Wildman–Crippen MR) is 103 cm³/mol. The van der Waals surface area contributed by atoms with Gasteiger partial charge in [-0.15, -0.1) is 0 Å². The molecule has 142 valence electrons. The Bertz CT molecular complexity index is 833. The van der Waals surface area contributed by atoms with Crippen molar-refractivity contribution in [3.05, 3.63) is 65.2 Å². The minimum Gasteiger partial charge on any atom is -0.489 e. The van der Waals surface area contributed by atoms with Crippen molar-refractivity contribution in [2.45, 2.75) is 26.9 Å². The summed E-state index contributed by atoms with van der Waals surface area (Å²) in [6.07, 6.45) is 0.251. The summed E-state index contributed by atoms with van der Waals surface area (Å²) in [4.78, 5) is 25.4. The molecule has 0 aromatic heterocycles. The molecule has 1 heterocycles. The maximum Gasteiger partial charge on any atom is 0.308 e. The van der Waals surface area contributed by atoms with Crippen LogP contribution in [-0.2, 0) is 22.6 Å². The average molecular weight is 367 g/mol. The minimum atomic E-state index is -0.829. The fraction of sp³-hybridized carbons (Fsp3) is 0.364. The smallest absolute Gasteiger partial charge is 0.308 e. The molecule has 1 N–H and O–H groups in total. The average Bonchev–Trinajstić information content (AvgIpc) is 3.03. The van der Waals surface area contributed by atoms with Crippen molar-refractivity contribution in [3.8, 4) is 5.75 Å². The second-order valence-corrected chi connectivity index (χ2v) is 7.32. The van der Waals surface area contributed by atoms with E-state index in [1.807, 2.05) is 56.3 Å². The number of carboxylic acid groups (broad SMARTS) is 1. The molecule has 1 aliphatic heterocycles. The maximum atomic E-state index is 12.5. The Morgan fingerprint density at radius 3 is 2.56 bits per heavy atom. The molecule has 3 rings (SSSR count). The van der Waals surface area contributed by atoms with Crippen LogP contribution in [0.3, 0.4) is 0 Å². The first-order valence-corrected chi connectivity index (χ1v) is 9.20. The van der Waals surface area contributed by atoms with E-state index in [1.165, 1.54) is 5.56 Å². The molecule has 27 heavy (non-hydrogen) atoms. The molecule has 0 aliphatic carbocycles. The Balaban J connectivity index is 1.59. The van der Waals surface area contributed by atoms with E-state index in [1.54, 1.807) is 4.90 Å². The van der Waals surface area contributed by atoms with Gasteiger partial charge < -0.3 is 14.7 Å². The van der Waals surface area contributed by atoms with Gasteiger partial charge in [0, 0.05) is 13.1 Å². The molecule has 2 aromatic rings. The summed E-state index contributed by atoms with van der Waals surface area (Å²) in [5.74, 6) is -0.640.